The molecule has 1 rings (SSSR count). The van der Waals surface area contributed by atoms with Gasteiger partial charge in [0.2, 0.25) is 0 Å². The Morgan fingerprint density at radius 2 is 1.44 bits per heavy atom. The number of halogens is 1. The van der Waals surface area contributed by atoms with E-state index >= 15 is 0 Å². The highest BCUT2D eigenvalue weighted by Crippen LogP contribution is 2.13. The molecule has 1 aromatic rings. The molecule has 27 heavy (non-hydrogen) atoms. The van der Waals surface area contributed by atoms with Crippen LogP contribution in [0.2, 0.25) is 0 Å². The summed E-state index contributed by atoms with van der Waals surface area (Å²) in [5, 5.41) is 0. The van der Waals surface area contributed by atoms with Crippen LogP contribution in [0.1, 0.15) is 83.1 Å². The van der Waals surface area contributed by atoms with E-state index in [1.54, 1.807) is 0 Å². The van der Waals surface area contributed by atoms with E-state index in [2.05, 4.69) is 22.9 Å². The van der Waals surface area contributed by atoms with E-state index in [1.807, 2.05) is 24.3 Å². The lowest BCUT2D eigenvalue weighted by Gasteiger charge is -2.06. The van der Waals surface area contributed by atoms with E-state index in [0.29, 0.717) is 6.61 Å². The maximum absolute atomic E-state index is 11.7. The van der Waals surface area contributed by atoms with E-state index < -0.39 is 0 Å². The molecule has 0 saturated carbocycles. The van der Waals surface area contributed by atoms with Crippen molar-refractivity contribution in [3.05, 3.63) is 34.3 Å². The largest absolute Gasteiger partial charge is 0.466 e. The normalized spacial score (nSPS) is 10.6. The molecular formula is C22H33BrO4. The molecule has 0 bridgehead atoms. The van der Waals surface area contributed by atoms with Crippen LogP contribution in [0.4, 0.5) is 0 Å². The Hall–Kier alpha value is -1.36. The van der Waals surface area contributed by atoms with Crippen molar-refractivity contribution in [1.82, 2.24) is 0 Å². The fourth-order valence-electron chi connectivity index (χ4n) is 2.74. The third-order valence-corrected chi connectivity index (χ3v) is 4.83. The van der Waals surface area contributed by atoms with Gasteiger partial charge in [-0.1, -0.05) is 86.4 Å². The van der Waals surface area contributed by atoms with Crippen molar-refractivity contribution < 1.29 is 19.1 Å². The van der Waals surface area contributed by atoms with Gasteiger partial charge in [-0.25, -0.2) is 0 Å². The lowest BCUT2D eigenvalue weighted by molar-refractivity contribution is -0.151. The quantitative estimate of drug-likeness (QED) is 0.235. The molecular weight excluding hydrogens is 408 g/mol. The van der Waals surface area contributed by atoms with Crippen LogP contribution in [0.15, 0.2) is 28.7 Å². The van der Waals surface area contributed by atoms with Crippen LogP contribution in [-0.2, 0) is 25.7 Å². The average molecular weight is 441 g/mol. The van der Waals surface area contributed by atoms with Crippen LogP contribution in [0.25, 0.3) is 0 Å². The summed E-state index contributed by atoms with van der Waals surface area (Å²) in [6.07, 6.45) is 11.2. The van der Waals surface area contributed by atoms with Gasteiger partial charge in [0.1, 0.15) is 6.61 Å². The van der Waals surface area contributed by atoms with Crippen LogP contribution in [0.3, 0.4) is 0 Å². The van der Waals surface area contributed by atoms with Gasteiger partial charge in [-0.3, -0.25) is 9.59 Å². The summed E-state index contributed by atoms with van der Waals surface area (Å²) in [5.41, 5.74) is 0.908. The van der Waals surface area contributed by atoms with Crippen LogP contribution < -0.4 is 0 Å². The molecule has 0 amide bonds. The summed E-state index contributed by atoms with van der Waals surface area (Å²) in [7, 11) is 0. The second-order valence-corrected chi connectivity index (χ2v) is 7.76. The smallest absolute Gasteiger partial charge is 0.306 e. The van der Waals surface area contributed by atoms with Crippen molar-refractivity contribution in [3.8, 4) is 0 Å². The SMILES string of the molecule is CCCCCCCCCCCOC(=O)CCC(=O)OCc1cccc(Br)c1. The number of hydrogen-bond donors (Lipinski definition) is 0. The molecule has 0 heterocycles. The molecule has 0 aliphatic rings. The lowest BCUT2D eigenvalue weighted by Crippen LogP contribution is -2.11. The Morgan fingerprint density at radius 1 is 0.852 bits per heavy atom. The molecule has 0 aromatic heterocycles. The van der Waals surface area contributed by atoms with Gasteiger partial charge in [0.25, 0.3) is 0 Å². The Bertz CT molecular complexity index is 545. The number of carbonyl (C=O) groups is 2. The van der Waals surface area contributed by atoms with Crippen molar-refractivity contribution >= 4 is 27.9 Å². The highest BCUT2D eigenvalue weighted by Gasteiger charge is 2.09. The van der Waals surface area contributed by atoms with Crippen molar-refractivity contribution in [3.63, 3.8) is 0 Å². The van der Waals surface area contributed by atoms with E-state index in [-0.39, 0.29) is 31.4 Å². The monoisotopic (exact) mass is 440 g/mol. The van der Waals surface area contributed by atoms with E-state index in [9.17, 15) is 9.59 Å². The zero-order valence-electron chi connectivity index (χ0n) is 16.5. The minimum atomic E-state index is -0.380. The van der Waals surface area contributed by atoms with Crippen LogP contribution >= 0.6 is 15.9 Å². The fourth-order valence-corrected chi connectivity index (χ4v) is 3.18. The van der Waals surface area contributed by atoms with Crippen molar-refractivity contribution in [2.45, 2.75) is 84.2 Å². The maximum Gasteiger partial charge on any atom is 0.306 e. The van der Waals surface area contributed by atoms with Gasteiger partial charge in [-0.15, -0.1) is 0 Å². The zero-order valence-corrected chi connectivity index (χ0v) is 18.1. The molecule has 0 aliphatic heterocycles. The Labute approximate surface area is 172 Å². The zero-order chi connectivity index (χ0) is 19.7. The van der Waals surface area contributed by atoms with Crippen molar-refractivity contribution in [1.29, 1.82) is 0 Å². The first-order valence-electron chi connectivity index (χ1n) is 10.2. The first-order valence-corrected chi connectivity index (χ1v) is 11.0. The highest BCUT2D eigenvalue weighted by molar-refractivity contribution is 9.10. The summed E-state index contributed by atoms with van der Waals surface area (Å²) < 4.78 is 11.3. The second-order valence-electron chi connectivity index (χ2n) is 6.84. The van der Waals surface area contributed by atoms with Gasteiger partial charge in [-0.2, -0.15) is 0 Å². The maximum atomic E-state index is 11.7. The third kappa shape index (κ3) is 13.5. The molecule has 4 nitrogen and oxygen atoms in total. The predicted octanol–water partition coefficient (Wildman–Crippen LogP) is 6.35. The number of hydrogen-bond acceptors (Lipinski definition) is 4. The first kappa shape index (κ1) is 23.7. The van der Waals surface area contributed by atoms with Crippen LogP contribution in [0, 0.1) is 0 Å². The summed E-state index contributed by atoms with van der Waals surface area (Å²) >= 11 is 3.37. The molecule has 1 aromatic carbocycles. The van der Waals surface area contributed by atoms with Gasteiger partial charge in [0.05, 0.1) is 19.4 Å². The molecule has 0 N–H and O–H groups in total. The topological polar surface area (TPSA) is 52.6 Å². The molecule has 0 spiro atoms. The second kappa shape index (κ2) is 15.7. The summed E-state index contributed by atoms with van der Waals surface area (Å²) in [5.74, 6) is -0.705. The van der Waals surface area contributed by atoms with Gasteiger partial charge >= 0.3 is 11.9 Å². The third-order valence-electron chi connectivity index (χ3n) is 4.33. The number of unbranched alkanes of at least 4 members (excludes halogenated alkanes) is 8. The van der Waals surface area contributed by atoms with Crippen LogP contribution in [0.5, 0.6) is 0 Å². The molecule has 0 unspecified atom stereocenters. The average Bonchev–Trinajstić information content (AvgIpc) is 2.66. The standard InChI is InChI=1S/C22H33BrO4/c1-2-3-4-5-6-7-8-9-10-16-26-21(24)14-15-22(25)27-18-19-12-11-13-20(23)17-19/h11-13,17H,2-10,14-16,18H2,1H3. The molecule has 0 fully saturated rings. The van der Waals surface area contributed by atoms with Gasteiger partial charge in [0, 0.05) is 4.47 Å². The summed E-state index contributed by atoms with van der Waals surface area (Å²) in [4.78, 5) is 23.4. The lowest BCUT2D eigenvalue weighted by atomic mass is 10.1. The molecule has 0 atom stereocenters. The van der Waals surface area contributed by atoms with Gasteiger partial charge < -0.3 is 9.47 Å². The predicted molar refractivity (Wildman–Crippen MR) is 111 cm³/mol. The van der Waals surface area contributed by atoms with Crippen molar-refractivity contribution in [2.24, 2.45) is 0 Å². The minimum absolute atomic E-state index is 0.0601. The number of ether oxygens (including phenoxy) is 2. The molecule has 0 saturated heterocycles. The summed E-state index contributed by atoms with van der Waals surface area (Å²) in [6, 6.07) is 7.58. The fraction of sp³-hybridized carbons (Fsp3) is 0.636. The van der Waals surface area contributed by atoms with E-state index in [0.717, 1.165) is 22.9 Å². The van der Waals surface area contributed by atoms with Gasteiger partial charge in [-0.05, 0) is 24.1 Å². The summed E-state index contributed by atoms with van der Waals surface area (Å²) in [6.45, 7) is 2.89. The Kier molecular flexibility index (Phi) is 13.7. The van der Waals surface area contributed by atoms with Crippen molar-refractivity contribution in [2.75, 3.05) is 6.61 Å². The molecule has 5 heteroatoms. The first-order chi connectivity index (χ1) is 13.1. The molecule has 0 radical (unpaired) electrons. The van der Waals surface area contributed by atoms with E-state index in [4.69, 9.17) is 9.47 Å². The minimum Gasteiger partial charge on any atom is -0.466 e. The number of benzene rings is 1. The Morgan fingerprint density at radius 3 is 2.07 bits per heavy atom. The number of esters is 2. The number of carbonyl (C=O) groups excluding carboxylic acids is 2. The molecule has 152 valence electrons. The van der Waals surface area contributed by atoms with Gasteiger partial charge in [0.15, 0.2) is 0 Å². The Balaban J connectivity index is 1.95. The highest BCUT2D eigenvalue weighted by atomic mass is 79.9. The van der Waals surface area contributed by atoms with Crippen LogP contribution in [-0.4, -0.2) is 18.5 Å². The molecule has 0 aliphatic carbocycles. The number of rotatable bonds is 15. The van der Waals surface area contributed by atoms with E-state index in [1.165, 1.54) is 44.9 Å².